The zero-order valence-electron chi connectivity index (χ0n) is 10.9. The monoisotopic (exact) mass is 333 g/mol. The summed E-state index contributed by atoms with van der Waals surface area (Å²) in [7, 11) is 0. The van der Waals surface area contributed by atoms with E-state index in [-0.39, 0.29) is 5.78 Å². The topological polar surface area (TPSA) is 40.9 Å². The summed E-state index contributed by atoms with van der Waals surface area (Å²) < 4.78 is 0.940. The van der Waals surface area contributed by atoms with Crippen molar-refractivity contribution in [2.75, 3.05) is 0 Å². The van der Waals surface area contributed by atoms with Gasteiger partial charge in [0.15, 0.2) is 5.78 Å². The van der Waals surface area contributed by atoms with Gasteiger partial charge in [-0.2, -0.15) is 5.26 Å². The van der Waals surface area contributed by atoms with E-state index in [2.05, 4.69) is 22.0 Å². The van der Waals surface area contributed by atoms with Crippen LogP contribution in [-0.2, 0) is 0 Å². The molecule has 3 aromatic rings. The minimum absolute atomic E-state index is 0.00486. The van der Waals surface area contributed by atoms with Crippen LogP contribution in [0.2, 0.25) is 0 Å². The van der Waals surface area contributed by atoms with Crippen LogP contribution in [0.3, 0.4) is 0 Å². The fourth-order valence-corrected chi connectivity index (χ4v) is 3.36. The molecular weight excluding hydrogens is 326 g/mol. The lowest BCUT2D eigenvalue weighted by Gasteiger charge is -2.07. The van der Waals surface area contributed by atoms with Gasteiger partial charge in [-0.1, -0.05) is 40.2 Å². The van der Waals surface area contributed by atoms with Gasteiger partial charge in [-0.3, -0.25) is 4.79 Å². The molecule has 0 heterocycles. The minimum atomic E-state index is -0.00486. The maximum Gasteiger partial charge on any atom is 0.194 e. The molecule has 1 aliphatic carbocycles. The van der Waals surface area contributed by atoms with Gasteiger partial charge >= 0.3 is 0 Å². The number of benzene rings is 3. The zero-order valence-corrected chi connectivity index (χ0v) is 12.4. The van der Waals surface area contributed by atoms with Crippen LogP contribution in [0.1, 0.15) is 21.5 Å². The molecule has 0 aliphatic heterocycles. The Labute approximate surface area is 129 Å². The first-order valence-corrected chi connectivity index (χ1v) is 7.30. The van der Waals surface area contributed by atoms with E-state index < -0.39 is 0 Å². The Balaban J connectivity index is 2.23. The summed E-state index contributed by atoms with van der Waals surface area (Å²) in [4.78, 5) is 12.6. The van der Waals surface area contributed by atoms with Crippen LogP contribution in [-0.4, -0.2) is 5.78 Å². The SMILES string of the molecule is N#Cc1cc2c(c3ccccc13)-c1cc(Br)ccc1C2=O. The Morgan fingerprint density at radius 2 is 1.67 bits per heavy atom. The predicted molar refractivity (Wildman–Crippen MR) is 85.2 cm³/mol. The molecular formula is C18H8BrNO. The first kappa shape index (κ1) is 12.3. The van der Waals surface area contributed by atoms with Crippen LogP contribution >= 0.6 is 15.9 Å². The average Bonchev–Trinajstić information content (AvgIpc) is 2.79. The van der Waals surface area contributed by atoms with Crippen molar-refractivity contribution >= 4 is 32.5 Å². The van der Waals surface area contributed by atoms with Crippen LogP contribution in [0, 0.1) is 11.3 Å². The molecule has 21 heavy (non-hydrogen) atoms. The van der Waals surface area contributed by atoms with Crippen molar-refractivity contribution < 1.29 is 4.79 Å². The molecule has 0 saturated carbocycles. The number of rotatable bonds is 0. The van der Waals surface area contributed by atoms with E-state index in [9.17, 15) is 10.1 Å². The Hall–Kier alpha value is -2.44. The quantitative estimate of drug-likeness (QED) is 0.468. The van der Waals surface area contributed by atoms with Crippen LogP contribution < -0.4 is 0 Å². The number of nitriles is 1. The molecule has 0 saturated heterocycles. The smallest absolute Gasteiger partial charge is 0.194 e. The van der Waals surface area contributed by atoms with E-state index in [1.807, 2.05) is 42.5 Å². The van der Waals surface area contributed by atoms with E-state index in [1.165, 1.54) is 0 Å². The fraction of sp³-hybridized carbons (Fsp3) is 0. The minimum Gasteiger partial charge on any atom is -0.289 e. The average molecular weight is 334 g/mol. The Kier molecular flexibility index (Phi) is 2.51. The first-order chi connectivity index (χ1) is 10.2. The highest BCUT2D eigenvalue weighted by Crippen LogP contribution is 2.43. The van der Waals surface area contributed by atoms with Gasteiger partial charge < -0.3 is 0 Å². The van der Waals surface area contributed by atoms with Gasteiger partial charge in [0, 0.05) is 26.5 Å². The van der Waals surface area contributed by atoms with Crippen molar-refractivity contribution in [3.63, 3.8) is 0 Å². The molecule has 1 aliphatic rings. The predicted octanol–water partition coefficient (Wildman–Crippen LogP) is 4.69. The van der Waals surface area contributed by atoms with Crippen molar-refractivity contribution in [3.8, 4) is 17.2 Å². The molecule has 0 atom stereocenters. The Morgan fingerprint density at radius 1 is 0.905 bits per heavy atom. The van der Waals surface area contributed by atoms with Gasteiger partial charge in [-0.15, -0.1) is 0 Å². The van der Waals surface area contributed by atoms with Crippen molar-refractivity contribution in [2.45, 2.75) is 0 Å². The summed E-state index contributed by atoms with van der Waals surface area (Å²) >= 11 is 3.47. The number of hydrogen-bond donors (Lipinski definition) is 0. The fourth-order valence-electron chi connectivity index (χ4n) is 3.00. The molecule has 0 N–H and O–H groups in total. The zero-order chi connectivity index (χ0) is 14.6. The molecule has 98 valence electrons. The summed E-state index contributed by atoms with van der Waals surface area (Å²) in [6.45, 7) is 0. The number of halogens is 1. The lowest BCUT2D eigenvalue weighted by atomic mass is 9.94. The third kappa shape index (κ3) is 1.60. The Bertz CT molecular complexity index is 982. The number of ketones is 1. The van der Waals surface area contributed by atoms with Gasteiger partial charge in [0.1, 0.15) is 0 Å². The maximum atomic E-state index is 12.6. The number of nitrogens with zero attached hydrogens (tertiary/aromatic N) is 1. The van der Waals surface area contributed by atoms with E-state index in [1.54, 1.807) is 6.07 Å². The molecule has 0 aromatic heterocycles. The maximum absolute atomic E-state index is 12.6. The third-order valence-corrected chi connectivity index (χ3v) is 4.40. The lowest BCUT2D eigenvalue weighted by Crippen LogP contribution is -1.96. The summed E-state index contributed by atoms with van der Waals surface area (Å²) in [5.41, 5.74) is 3.74. The van der Waals surface area contributed by atoms with E-state index in [4.69, 9.17) is 0 Å². The molecule has 0 amide bonds. The highest BCUT2D eigenvalue weighted by molar-refractivity contribution is 9.10. The lowest BCUT2D eigenvalue weighted by molar-refractivity contribution is 0.104. The van der Waals surface area contributed by atoms with Gasteiger partial charge in [-0.05, 0) is 35.2 Å². The number of carbonyl (C=O) groups excluding carboxylic acids is 1. The third-order valence-electron chi connectivity index (χ3n) is 3.91. The number of fused-ring (bicyclic) bond motifs is 5. The highest BCUT2D eigenvalue weighted by atomic mass is 79.9. The van der Waals surface area contributed by atoms with Crippen molar-refractivity contribution in [2.24, 2.45) is 0 Å². The normalized spacial score (nSPS) is 12.1. The second-order valence-corrected chi connectivity index (χ2v) is 5.94. The van der Waals surface area contributed by atoms with Crippen LogP contribution in [0.4, 0.5) is 0 Å². The first-order valence-electron chi connectivity index (χ1n) is 6.51. The molecule has 0 unspecified atom stereocenters. The van der Waals surface area contributed by atoms with Gasteiger partial charge in [-0.25, -0.2) is 0 Å². The van der Waals surface area contributed by atoms with Crippen LogP contribution in [0.5, 0.6) is 0 Å². The van der Waals surface area contributed by atoms with E-state index in [0.717, 1.165) is 26.4 Å². The number of hydrogen-bond acceptors (Lipinski definition) is 2. The summed E-state index contributed by atoms with van der Waals surface area (Å²) in [6.07, 6.45) is 0. The van der Waals surface area contributed by atoms with Gasteiger partial charge in [0.05, 0.1) is 11.6 Å². The molecule has 0 spiro atoms. The molecule has 0 bridgehead atoms. The molecule has 3 heteroatoms. The molecule has 4 rings (SSSR count). The van der Waals surface area contributed by atoms with E-state index in [0.29, 0.717) is 16.7 Å². The second-order valence-electron chi connectivity index (χ2n) is 5.02. The molecule has 0 radical (unpaired) electrons. The Morgan fingerprint density at radius 3 is 2.43 bits per heavy atom. The number of carbonyl (C=O) groups is 1. The molecule has 3 aromatic carbocycles. The van der Waals surface area contributed by atoms with Crippen molar-refractivity contribution in [3.05, 3.63) is 69.7 Å². The summed E-state index contributed by atoms with van der Waals surface area (Å²) in [5.74, 6) is -0.00486. The molecule has 2 nitrogen and oxygen atoms in total. The van der Waals surface area contributed by atoms with Crippen LogP contribution in [0.25, 0.3) is 21.9 Å². The second kappa shape index (κ2) is 4.28. The summed E-state index contributed by atoms with van der Waals surface area (Å²) in [6, 6.07) is 17.3. The standard InChI is InChI=1S/C18H8BrNO/c19-11-5-6-14-15(8-11)17-13-4-2-1-3-12(13)10(9-20)7-16(17)18(14)21/h1-8H. The van der Waals surface area contributed by atoms with Gasteiger partial charge in [0.25, 0.3) is 0 Å². The van der Waals surface area contributed by atoms with Crippen molar-refractivity contribution in [1.29, 1.82) is 5.26 Å². The molecule has 0 fully saturated rings. The largest absolute Gasteiger partial charge is 0.289 e. The van der Waals surface area contributed by atoms with E-state index >= 15 is 0 Å². The summed E-state index contributed by atoms with van der Waals surface area (Å²) in [5, 5.41) is 11.2. The van der Waals surface area contributed by atoms with Crippen molar-refractivity contribution in [1.82, 2.24) is 0 Å². The van der Waals surface area contributed by atoms with Gasteiger partial charge in [0.2, 0.25) is 0 Å². The highest BCUT2D eigenvalue weighted by Gasteiger charge is 2.29. The van der Waals surface area contributed by atoms with Crippen LogP contribution in [0.15, 0.2) is 53.0 Å².